The lowest BCUT2D eigenvalue weighted by Gasteiger charge is -2.20. The Kier molecular flexibility index (Phi) is 6.06. The third-order valence-corrected chi connectivity index (χ3v) is 4.11. The van der Waals surface area contributed by atoms with Gasteiger partial charge in [0.1, 0.15) is 0 Å². The van der Waals surface area contributed by atoms with Crippen LogP contribution in [-0.4, -0.2) is 8.96 Å². The molecule has 1 aromatic carbocycles. The highest BCUT2D eigenvalue weighted by molar-refractivity contribution is 6.89. The van der Waals surface area contributed by atoms with E-state index in [0.717, 1.165) is 0 Å². The van der Waals surface area contributed by atoms with Crippen LogP contribution in [0.5, 0.6) is 0 Å². The van der Waals surface area contributed by atoms with E-state index in [9.17, 15) is 0 Å². The third kappa shape index (κ3) is 4.36. The molecule has 0 atom stereocenters. The lowest BCUT2D eigenvalue weighted by atomic mass is 10.2. The van der Waals surface area contributed by atoms with Crippen LogP contribution in [0.1, 0.15) is 5.56 Å². The Morgan fingerprint density at radius 2 is 1.39 bits per heavy atom. The maximum Gasteiger partial charge on any atom is 0.243 e. The molecule has 1 nitrogen and oxygen atoms in total. The average molecular weight is 409 g/mol. The molecule has 0 N–H and O–H groups in total. The van der Waals surface area contributed by atoms with E-state index in [2.05, 4.69) is 4.99 Å². The van der Waals surface area contributed by atoms with Crippen molar-refractivity contribution in [3.63, 3.8) is 0 Å². The Morgan fingerprint density at radius 3 is 1.78 bits per heavy atom. The number of halogens is 8. The van der Waals surface area contributed by atoms with Crippen LogP contribution in [0.25, 0.3) is 0 Å². The van der Waals surface area contributed by atoms with Gasteiger partial charge < -0.3 is 0 Å². The lowest BCUT2D eigenvalue weighted by molar-refractivity contribution is 0.918. The molecule has 0 aliphatic rings. The van der Waals surface area contributed by atoms with Crippen molar-refractivity contribution in [2.75, 3.05) is 0 Å². The van der Waals surface area contributed by atoms with Gasteiger partial charge in [0.25, 0.3) is 0 Å². The van der Waals surface area contributed by atoms with Gasteiger partial charge in [0.15, 0.2) is 5.17 Å². The fraction of sp³-hybridized carbons (Fsp3) is 0.222. The number of alkyl halides is 5. The normalized spacial score (nSPS) is 13.9. The fourth-order valence-corrected chi connectivity index (χ4v) is 2.81. The van der Waals surface area contributed by atoms with Crippen molar-refractivity contribution in [1.29, 1.82) is 0 Å². The highest BCUT2D eigenvalue weighted by Gasteiger charge is 2.35. The van der Waals surface area contributed by atoms with Gasteiger partial charge in [0.05, 0.1) is 10.0 Å². The van der Waals surface area contributed by atoms with Crippen LogP contribution < -0.4 is 0 Å². The predicted molar refractivity (Wildman–Crippen MR) is 83.4 cm³/mol. The van der Waals surface area contributed by atoms with Crippen molar-refractivity contribution in [3.05, 3.63) is 33.8 Å². The van der Waals surface area contributed by atoms with E-state index >= 15 is 0 Å². The average Bonchev–Trinajstić information content (AvgIpc) is 2.14. The Morgan fingerprint density at radius 1 is 0.944 bits per heavy atom. The van der Waals surface area contributed by atoms with Gasteiger partial charge in [0, 0.05) is 5.56 Å². The summed E-state index contributed by atoms with van der Waals surface area (Å²) in [5.41, 5.74) is 0.157. The Labute approximate surface area is 144 Å². The number of aliphatic imine (C=N–C) groups is 1. The van der Waals surface area contributed by atoms with Crippen molar-refractivity contribution >= 4 is 98.0 Å². The highest BCUT2D eigenvalue weighted by Crippen LogP contribution is 2.45. The highest BCUT2D eigenvalue weighted by atomic mass is 35.6. The van der Waals surface area contributed by atoms with E-state index in [-0.39, 0.29) is 15.6 Å². The van der Waals surface area contributed by atoms with Crippen LogP contribution in [0.3, 0.4) is 0 Å². The summed E-state index contributed by atoms with van der Waals surface area (Å²) in [6, 6.07) is 4.71. The van der Waals surface area contributed by atoms with E-state index in [1.54, 1.807) is 18.2 Å². The molecule has 0 amide bonds. The summed E-state index contributed by atoms with van der Waals surface area (Å²) in [5.74, 6) is 0. The second kappa shape index (κ2) is 6.32. The molecule has 0 saturated carbocycles. The summed E-state index contributed by atoms with van der Waals surface area (Å²) < 4.78 is -3.80. The zero-order valence-electron chi connectivity index (χ0n) is 8.20. The first kappa shape index (κ1) is 17.3. The number of hydrogen-bond donors (Lipinski definition) is 0. The van der Waals surface area contributed by atoms with E-state index in [4.69, 9.17) is 92.8 Å². The first-order chi connectivity index (χ1) is 8.05. The molecule has 0 fully saturated rings. The first-order valence-corrected chi connectivity index (χ1v) is 7.23. The SMILES string of the molecule is ClC(=NC(Cl)(Cl)c1c(Cl)cccc1Cl)C(Cl)(Cl)Cl. The number of nitrogens with zero attached hydrogens (tertiary/aromatic N) is 1. The fourth-order valence-electron chi connectivity index (χ4n) is 1.03. The molecule has 1 aromatic rings. The summed E-state index contributed by atoms with van der Waals surface area (Å²) in [5, 5.41) is 0.0172. The van der Waals surface area contributed by atoms with Crippen LogP contribution >= 0.6 is 92.8 Å². The van der Waals surface area contributed by atoms with Gasteiger partial charge in [-0.1, -0.05) is 98.9 Å². The summed E-state index contributed by atoms with van der Waals surface area (Å²) in [4.78, 5) is 3.72. The third-order valence-electron chi connectivity index (χ3n) is 1.74. The maximum atomic E-state index is 6.02. The molecule has 0 aromatic heterocycles. The quantitative estimate of drug-likeness (QED) is 0.297. The molecule has 0 heterocycles. The Hall–Kier alpha value is 1.21. The van der Waals surface area contributed by atoms with Crippen molar-refractivity contribution in [2.24, 2.45) is 4.99 Å². The topological polar surface area (TPSA) is 12.4 Å². The second-order valence-corrected chi connectivity index (χ2v) is 7.78. The maximum absolute atomic E-state index is 6.02. The molecule has 1 rings (SSSR count). The van der Waals surface area contributed by atoms with Crippen LogP contribution in [0.15, 0.2) is 23.2 Å². The van der Waals surface area contributed by atoms with Gasteiger partial charge in [-0.05, 0) is 12.1 Å². The van der Waals surface area contributed by atoms with Crippen LogP contribution in [-0.2, 0) is 4.46 Å². The van der Waals surface area contributed by atoms with Crippen LogP contribution in [0.2, 0.25) is 10.0 Å². The molecule has 0 bridgehead atoms. The molecule has 0 unspecified atom stereocenters. The number of rotatable bonds is 2. The lowest BCUT2D eigenvalue weighted by Crippen LogP contribution is -2.18. The Balaban J connectivity index is 3.31. The van der Waals surface area contributed by atoms with E-state index in [1.807, 2.05) is 0 Å². The standard InChI is InChI=1S/C9H3Cl8N/c10-4-2-1-3-5(11)6(4)9(16,17)18-7(12)8(13,14)15/h1-3H. The minimum Gasteiger partial charge on any atom is -0.230 e. The zero-order chi connectivity index (χ0) is 14.1. The predicted octanol–water partition coefficient (Wildman–Crippen LogP) is 6.59. The molecule has 9 heteroatoms. The van der Waals surface area contributed by atoms with Crippen LogP contribution in [0, 0.1) is 0 Å². The van der Waals surface area contributed by atoms with Gasteiger partial charge in [0.2, 0.25) is 8.25 Å². The molecule has 100 valence electrons. The molecule has 0 aliphatic carbocycles. The van der Waals surface area contributed by atoms with Gasteiger partial charge in [-0.15, -0.1) is 0 Å². The van der Waals surface area contributed by atoms with Crippen LogP contribution in [0.4, 0.5) is 0 Å². The monoisotopic (exact) mass is 405 g/mol. The van der Waals surface area contributed by atoms with Gasteiger partial charge >= 0.3 is 0 Å². The summed E-state index contributed by atoms with van der Waals surface area (Å²) >= 11 is 46.3. The van der Waals surface area contributed by atoms with E-state index in [0.29, 0.717) is 0 Å². The van der Waals surface area contributed by atoms with Gasteiger partial charge in [-0.25, -0.2) is 4.99 Å². The summed E-state index contributed by atoms with van der Waals surface area (Å²) in [6.45, 7) is 0. The Bertz CT molecular complexity index is 456. The van der Waals surface area contributed by atoms with Crippen molar-refractivity contribution < 1.29 is 0 Å². The molecule has 0 saturated heterocycles. The van der Waals surface area contributed by atoms with Gasteiger partial charge in [-0.2, -0.15) is 0 Å². The molecular weight excluding hydrogens is 406 g/mol. The number of benzene rings is 1. The molecule has 0 radical (unpaired) electrons. The molecule has 0 aliphatic heterocycles. The van der Waals surface area contributed by atoms with E-state index < -0.39 is 13.4 Å². The largest absolute Gasteiger partial charge is 0.243 e. The smallest absolute Gasteiger partial charge is 0.230 e. The molecule has 0 spiro atoms. The van der Waals surface area contributed by atoms with E-state index in [1.165, 1.54) is 0 Å². The summed E-state index contributed by atoms with van der Waals surface area (Å²) in [7, 11) is 0. The number of hydrogen-bond acceptors (Lipinski definition) is 1. The minimum atomic E-state index is -1.94. The van der Waals surface area contributed by atoms with Crippen molar-refractivity contribution in [3.8, 4) is 0 Å². The molecule has 18 heavy (non-hydrogen) atoms. The molecular formula is C9H3Cl8N. The summed E-state index contributed by atoms with van der Waals surface area (Å²) in [6.07, 6.45) is 0. The zero-order valence-corrected chi connectivity index (χ0v) is 14.3. The van der Waals surface area contributed by atoms with Gasteiger partial charge in [-0.3, -0.25) is 0 Å². The minimum absolute atomic E-state index is 0.157. The van der Waals surface area contributed by atoms with Crippen molar-refractivity contribution in [2.45, 2.75) is 8.25 Å². The second-order valence-electron chi connectivity index (χ2n) is 3.04. The van der Waals surface area contributed by atoms with Crippen molar-refractivity contribution in [1.82, 2.24) is 0 Å². The first-order valence-electron chi connectivity index (χ1n) is 4.20.